The zero-order chi connectivity index (χ0) is 15.4. The van der Waals surface area contributed by atoms with Crippen LogP contribution in [0.3, 0.4) is 0 Å². The quantitative estimate of drug-likeness (QED) is 0.881. The molecule has 0 amide bonds. The number of nitrogens with two attached hydrogens (primary N) is 1. The zero-order valence-corrected chi connectivity index (χ0v) is 12.3. The summed E-state index contributed by atoms with van der Waals surface area (Å²) in [5.41, 5.74) is 6.27. The van der Waals surface area contributed by atoms with Crippen molar-refractivity contribution in [2.24, 2.45) is 5.73 Å². The molecule has 3 N–H and O–H groups in total. The van der Waals surface area contributed by atoms with Crippen molar-refractivity contribution in [3.05, 3.63) is 52.1 Å². The molecule has 0 saturated carbocycles. The van der Waals surface area contributed by atoms with Crippen LogP contribution in [0.5, 0.6) is 11.6 Å². The molecule has 0 radical (unpaired) electrons. The second-order valence-corrected chi connectivity index (χ2v) is 5.18. The molecule has 0 saturated heterocycles. The van der Waals surface area contributed by atoms with E-state index in [1.54, 1.807) is 24.3 Å². The van der Waals surface area contributed by atoms with Gasteiger partial charge in [0, 0.05) is 6.20 Å². The number of halogens is 2. The van der Waals surface area contributed by atoms with Gasteiger partial charge in [0.1, 0.15) is 16.8 Å². The molecule has 21 heavy (non-hydrogen) atoms. The van der Waals surface area contributed by atoms with E-state index in [0.717, 1.165) is 5.56 Å². The highest BCUT2D eigenvalue weighted by Crippen LogP contribution is 2.29. The fourth-order valence-electron chi connectivity index (χ4n) is 1.62. The lowest BCUT2D eigenvalue weighted by molar-refractivity contribution is -0.138. The summed E-state index contributed by atoms with van der Waals surface area (Å²) in [4.78, 5) is 14.7. The van der Waals surface area contributed by atoms with Gasteiger partial charge in [0.15, 0.2) is 0 Å². The fourth-order valence-corrected chi connectivity index (χ4v) is 2.04. The third-order valence-electron chi connectivity index (χ3n) is 2.68. The second kappa shape index (κ2) is 6.76. The Morgan fingerprint density at radius 1 is 1.33 bits per heavy atom. The van der Waals surface area contributed by atoms with Gasteiger partial charge in [-0.15, -0.1) is 0 Å². The number of hydrogen-bond acceptors (Lipinski definition) is 4. The van der Waals surface area contributed by atoms with Crippen LogP contribution in [-0.2, 0) is 11.2 Å². The Kier molecular flexibility index (Phi) is 5.01. The van der Waals surface area contributed by atoms with Crippen molar-refractivity contribution in [3.63, 3.8) is 0 Å². The number of nitrogens with zero attached hydrogens (tertiary/aromatic N) is 1. The van der Waals surface area contributed by atoms with E-state index in [0.29, 0.717) is 15.8 Å². The van der Waals surface area contributed by atoms with Gasteiger partial charge in [-0.25, -0.2) is 4.98 Å². The number of aromatic nitrogens is 1. The zero-order valence-electron chi connectivity index (χ0n) is 10.8. The number of pyridine rings is 1. The predicted molar refractivity (Wildman–Crippen MR) is 80.1 cm³/mol. The van der Waals surface area contributed by atoms with Gasteiger partial charge in [0.05, 0.1) is 5.02 Å². The molecule has 7 heteroatoms. The highest BCUT2D eigenvalue weighted by atomic mass is 35.5. The van der Waals surface area contributed by atoms with Crippen LogP contribution in [0.4, 0.5) is 0 Å². The van der Waals surface area contributed by atoms with E-state index in [4.69, 9.17) is 38.8 Å². The monoisotopic (exact) mass is 326 g/mol. The minimum Gasteiger partial charge on any atom is -0.480 e. The molecule has 0 aliphatic carbocycles. The molecule has 2 rings (SSSR count). The smallest absolute Gasteiger partial charge is 0.320 e. The maximum atomic E-state index is 10.7. The van der Waals surface area contributed by atoms with Gasteiger partial charge in [-0.1, -0.05) is 35.3 Å². The number of hydrogen-bond donors (Lipinski definition) is 2. The largest absolute Gasteiger partial charge is 0.480 e. The van der Waals surface area contributed by atoms with Crippen molar-refractivity contribution in [1.82, 2.24) is 4.98 Å². The van der Waals surface area contributed by atoms with Crippen molar-refractivity contribution in [1.29, 1.82) is 0 Å². The van der Waals surface area contributed by atoms with Gasteiger partial charge in [-0.05, 0) is 30.2 Å². The van der Waals surface area contributed by atoms with Gasteiger partial charge in [0.2, 0.25) is 5.88 Å². The lowest BCUT2D eigenvalue weighted by Crippen LogP contribution is -2.32. The summed E-state index contributed by atoms with van der Waals surface area (Å²) in [6, 6.07) is 7.46. The molecule has 1 atom stereocenters. The van der Waals surface area contributed by atoms with E-state index >= 15 is 0 Å². The highest BCUT2D eigenvalue weighted by Gasteiger charge is 2.12. The van der Waals surface area contributed by atoms with Crippen molar-refractivity contribution in [2.45, 2.75) is 12.5 Å². The summed E-state index contributed by atoms with van der Waals surface area (Å²) in [6.07, 6.45) is 1.68. The summed E-state index contributed by atoms with van der Waals surface area (Å²) in [6.45, 7) is 0. The molecule has 0 unspecified atom stereocenters. The maximum absolute atomic E-state index is 10.7. The molecule has 2 aromatic rings. The van der Waals surface area contributed by atoms with E-state index in [9.17, 15) is 4.79 Å². The molecule has 0 spiro atoms. The predicted octanol–water partition coefficient (Wildman–Crippen LogP) is 3.14. The summed E-state index contributed by atoms with van der Waals surface area (Å²) in [5.74, 6) is -0.261. The van der Waals surface area contributed by atoms with Crippen molar-refractivity contribution >= 4 is 29.2 Å². The van der Waals surface area contributed by atoms with Crippen molar-refractivity contribution in [2.75, 3.05) is 0 Å². The van der Waals surface area contributed by atoms with Crippen LogP contribution in [0, 0.1) is 0 Å². The third-order valence-corrected chi connectivity index (χ3v) is 3.16. The Bertz CT molecular complexity index is 647. The lowest BCUT2D eigenvalue weighted by atomic mass is 10.1. The maximum Gasteiger partial charge on any atom is 0.320 e. The average Bonchev–Trinajstić information content (AvgIpc) is 2.43. The van der Waals surface area contributed by atoms with Crippen LogP contribution in [0.1, 0.15) is 5.56 Å². The number of rotatable bonds is 5. The molecular weight excluding hydrogens is 315 g/mol. The molecule has 1 aromatic heterocycles. The summed E-state index contributed by atoms with van der Waals surface area (Å²) < 4.78 is 5.52. The lowest BCUT2D eigenvalue weighted by Gasteiger charge is -2.09. The van der Waals surface area contributed by atoms with E-state index in [2.05, 4.69) is 4.98 Å². The summed E-state index contributed by atoms with van der Waals surface area (Å²) in [7, 11) is 0. The molecule has 0 aliphatic heterocycles. The van der Waals surface area contributed by atoms with Crippen molar-refractivity contribution in [3.8, 4) is 11.6 Å². The fraction of sp³-hybridized carbons (Fsp3) is 0.143. The number of aliphatic carboxylic acids is 1. The number of benzene rings is 1. The van der Waals surface area contributed by atoms with Gasteiger partial charge in [-0.2, -0.15) is 0 Å². The second-order valence-electron chi connectivity index (χ2n) is 4.34. The van der Waals surface area contributed by atoms with Crippen molar-refractivity contribution < 1.29 is 14.6 Å². The molecule has 0 bridgehead atoms. The van der Waals surface area contributed by atoms with Gasteiger partial charge < -0.3 is 15.6 Å². The minimum absolute atomic E-state index is 0.246. The molecule has 0 aliphatic rings. The first-order valence-corrected chi connectivity index (χ1v) is 6.77. The highest BCUT2D eigenvalue weighted by molar-refractivity contribution is 6.35. The minimum atomic E-state index is -1.03. The normalized spacial score (nSPS) is 12.0. The van der Waals surface area contributed by atoms with E-state index < -0.39 is 12.0 Å². The molecule has 0 fully saturated rings. The Morgan fingerprint density at radius 2 is 2.00 bits per heavy atom. The third kappa shape index (κ3) is 4.32. The molecule has 5 nitrogen and oxygen atoms in total. The average molecular weight is 327 g/mol. The number of carboxylic acid groups (broad SMARTS) is 1. The number of carboxylic acids is 1. The molecule has 1 heterocycles. The first kappa shape index (κ1) is 15.6. The van der Waals surface area contributed by atoms with Crippen LogP contribution in [-0.4, -0.2) is 22.1 Å². The van der Waals surface area contributed by atoms with Crippen LogP contribution >= 0.6 is 23.2 Å². The van der Waals surface area contributed by atoms with Crippen LogP contribution in [0.25, 0.3) is 0 Å². The first-order chi connectivity index (χ1) is 9.95. The Hall–Kier alpha value is -1.82. The van der Waals surface area contributed by atoms with Crippen LogP contribution in [0.2, 0.25) is 10.0 Å². The standard InChI is InChI=1S/C14H12Cl2N2O3/c15-9-6-11(16)13(18-7-9)21-10-3-1-8(2-4-10)5-12(17)14(19)20/h1-4,6-7,12H,5,17H2,(H,19,20)/t12-/m0/s1. The van der Waals surface area contributed by atoms with Gasteiger partial charge >= 0.3 is 5.97 Å². The van der Waals surface area contributed by atoms with E-state index in [1.165, 1.54) is 12.3 Å². The van der Waals surface area contributed by atoms with E-state index in [1.807, 2.05) is 0 Å². The van der Waals surface area contributed by atoms with Crippen LogP contribution in [0.15, 0.2) is 36.5 Å². The molecule has 110 valence electrons. The number of ether oxygens (including phenoxy) is 1. The number of carbonyl (C=O) groups is 1. The van der Waals surface area contributed by atoms with Gasteiger partial charge in [-0.3, -0.25) is 4.79 Å². The topological polar surface area (TPSA) is 85.4 Å². The Morgan fingerprint density at radius 3 is 2.57 bits per heavy atom. The summed E-state index contributed by atoms with van der Waals surface area (Å²) >= 11 is 11.7. The summed E-state index contributed by atoms with van der Waals surface area (Å²) in [5, 5.41) is 9.49. The van der Waals surface area contributed by atoms with E-state index in [-0.39, 0.29) is 12.3 Å². The van der Waals surface area contributed by atoms with Gasteiger partial charge in [0.25, 0.3) is 0 Å². The Labute approximate surface area is 131 Å². The first-order valence-electron chi connectivity index (χ1n) is 6.02. The molecular formula is C14H12Cl2N2O3. The Balaban J connectivity index is 2.07. The SMILES string of the molecule is N[C@@H](Cc1ccc(Oc2ncc(Cl)cc2Cl)cc1)C(=O)O. The van der Waals surface area contributed by atoms with Crippen LogP contribution < -0.4 is 10.5 Å². The molecule has 1 aromatic carbocycles.